The van der Waals surface area contributed by atoms with E-state index in [1.54, 1.807) is 12.1 Å². The number of alkyl halides is 1. The van der Waals surface area contributed by atoms with E-state index in [-0.39, 0.29) is 5.82 Å². The molecular formula is C18H13Cl2F. The minimum Gasteiger partial charge on any atom is -0.207 e. The number of halogens is 3. The second-order valence-corrected chi connectivity index (χ2v) is 5.92. The van der Waals surface area contributed by atoms with Crippen molar-refractivity contribution in [2.45, 2.75) is 11.8 Å². The summed E-state index contributed by atoms with van der Waals surface area (Å²) in [5, 5.41) is 2.21. The third-order valence-electron chi connectivity index (χ3n) is 3.54. The van der Waals surface area contributed by atoms with Crippen molar-refractivity contribution in [3.8, 4) is 0 Å². The van der Waals surface area contributed by atoms with Gasteiger partial charge < -0.3 is 0 Å². The Bertz CT molecular complexity index is 763. The maximum Gasteiger partial charge on any atom is 0.129 e. The van der Waals surface area contributed by atoms with Crippen LogP contribution in [0.3, 0.4) is 0 Å². The van der Waals surface area contributed by atoms with E-state index in [1.165, 1.54) is 11.5 Å². The number of fused-ring (bicyclic) bond motifs is 1. The molecule has 0 aliphatic rings. The van der Waals surface area contributed by atoms with Gasteiger partial charge in [-0.3, -0.25) is 0 Å². The SMILES string of the molecule is Fc1cccc(Cl)c1C(Cl)Cc1ccc2ccccc2c1. The highest BCUT2D eigenvalue weighted by atomic mass is 35.5. The molecule has 0 aromatic heterocycles. The molecule has 0 radical (unpaired) electrons. The van der Waals surface area contributed by atoms with Crippen LogP contribution in [0.2, 0.25) is 5.02 Å². The molecule has 3 aromatic rings. The highest BCUT2D eigenvalue weighted by Crippen LogP contribution is 2.33. The molecule has 3 heteroatoms. The maximum atomic E-state index is 13.9. The Hall–Kier alpha value is -1.57. The molecule has 0 saturated heterocycles. The van der Waals surface area contributed by atoms with E-state index < -0.39 is 5.38 Å². The first-order chi connectivity index (χ1) is 10.1. The summed E-state index contributed by atoms with van der Waals surface area (Å²) in [7, 11) is 0. The van der Waals surface area contributed by atoms with Crippen LogP contribution >= 0.6 is 23.2 Å². The van der Waals surface area contributed by atoms with E-state index in [0.717, 1.165) is 10.9 Å². The third-order valence-corrected chi connectivity index (χ3v) is 4.24. The van der Waals surface area contributed by atoms with Crippen molar-refractivity contribution in [1.29, 1.82) is 0 Å². The number of rotatable bonds is 3. The van der Waals surface area contributed by atoms with Gasteiger partial charge in [0.15, 0.2) is 0 Å². The van der Waals surface area contributed by atoms with E-state index in [1.807, 2.05) is 18.2 Å². The van der Waals surface area contributed by atoms with E-state index in [0.29, 0.717) is 17.0 Å². The van der Waals surface area contributed by atoms with Crippen LogP contribution in [0.1, 0.15) is 16.5 Å². The van der Waals surface area contributed by atoms with Crippen molar-refractivity contribution >= 4 is 34.0 Å². The average Bonchev–Trinajstić information content (AvgIpc) is 2.47. The Morgan fingerprint density at radius 1 is 0.905 bits per heavy atom. The summed E-state index contributed by atoms with van der Waals surface area (Å²) in [6.07, 6.45) is 0.535. The molecule has 3 aromatic carbocycles. The maximum absolute atomic E-state index is 13.9. The molecule has 0 amide bonds. The second-order valence-electron chi connectivity index (χ2n) is 4.99. The fraction of sp³-hybridized carbons (Fsp3) is 0.111. The van der Waals surface area contributed by atoms with Gasteiger partial charge in [-0.1, -0.05) is 60.1 Å². The molecule has 0 saturated carbocycles. The highest BCUT2D eigenvalue weighted by Gasteiger charge is 2.17. The van der Waals surface area contributed by atoms with E-state index in [2.05, 4.69) is 24.3 Å². The zero-order valence-corrected chi connectivity index (χ0v) is 12.7. The van der Waals surface area contributed by atoms with Gasteiger partial charge in [0.05, 0.1) is 5.38 Å². The lowest BCUT2D eigenvalue weighted by Gasteiger charge is -2.13. The summed E-state index contributed by atoms with van der Waals surface area (Å²) in [6.45, 7) is 0. The summed E-state index contributed by atoms with van der Waals surface area (Å²) < 4.78 is 13.9. The molecule has 0 nitrogen and oxygen atoms in total. The summed E-state index contributed by atoms with van der Waals surface area (Å²) >= 11 is 12.4. The van der Waals surface area contributed by atoms with E-state index >= 15 is 0 Å². The van der Waals surface area contributed by atoms with Gasteiger partial charge in [-0.05, 0) is 34.9 Å². The molecule has 0 aliphatic carbocycles. The molecule has 0 N–H and O–H groups in total. The smallest absolute Gasteiger partial charge is 0.129 e. The van der Waals surface area contributed by atoms with Gasteiger partial charge in [0.1, 0.15) is 5.82 Å². The van der Waals surface area contributed by atoms with Crippen molar-refractivity contribution in [2.75, 3.05) is 0 Å². The molecule has 21 heavy (non-hydrogen) atoms. The first-order valence-electron chi connectivity index (χ1n) is 6.71. The number of hydrogen-bond donors (Lipinski definition) is 0. The van der Waals surface area contributed by atoms with Gasteiger partial charge in [0.2, 0.25) is 0 Å². The lowest BCUT2D eigenvalue weighted by atomic mass is 10.0. The molecule has 1 atom stereocenters. The second kappa shape index (κ2) is 6.05. The summed E-state index contributed by atoms with van der Waals surface area (Å²) in [5.74, 6) is -0.358. The van der Waals surface area contributed by atoms with Crippen molar-refractivity contribution in [2.24, 2.45) is 0 Å². The third kappa shape index (κ3) is 3.04. The van der Waals surface area contributed by atoms with Crippen LogP contribution in [0, 0.1) is 5.82 Å². The van der Waals surface area contributed by atoms with E-state index in [9.17, 15) is 4.39 Å². The van der Waals surface area contributed by atoms with Crippen molar-refractivity contribution < 1.29 is 4.39 Å². The molecule has 3 rings (SSSR count). The molecule has 106 valence electrons. The minimum atomic E-state index is -0.486. The van der Waals surface area contributed by atoms with Crippen molar-refractivity contribution in [3.63, 3.8) is 0 Å². The first-order valence-corrected chi connectivity index (χ1v) is 7.52. The predicted molar refractivity (Wildman–Crippen MR) is 87.7 cm³/mol. The topological polar surface area (TPSA) is 0 Å². The van der Waals surface area contributed by atoms with Gasteiger partial charge in [0, 0.05) is 10.6 Å². The van der Waals surface area contributed by atoms with Crippen LogP contribution in [-0.2, 0) is 6.42 Å². The Morgan fingerprint density at radius 2 is 1.67 bits per heavy atom. The van der Waals surface area contributed by atoms with Gasteiger partial charge in [-0.25, -0.2) is 4.39 Å². The Labute approximate surface area is 133 Å². The quantitative estimate of drug-likeness (QED) is 0.508. The molecule has 1 unspecified atom stereocenters. The van der Waals surface area contributed by atoms with Gasteiger partial charge in [0.25, 0.3) is 0 Å². The molecular weight excluding hydrogens is 306 g/mol. The van der Waals surface area contributed by atoms with E-state index in [4.69, 9.17) is 23.2 Å². The lowest BCUT2D eigenvalue weighted by Crippen LogP contribution is -2.00. The number of benzene rings is 3. The van der Waals surface area contributed by atoms with Crippen LogP contribution in [0.25, 0.3) is 10.8 Å². The molecule has 0 heterocycles. The van der Waals surface area contributed by atoms with Crippen molar-refractivity contribution in [3.05, 3.63) is 82.6 Å². The lowest BCUT2D eigenvalue weighted by molar-refractivity contribution is 0.606. The Morgan fingerprint density at radius 3 is 2.43 bits per heavy atom. The standard InChI is InChI=1S/C18H13Cl2F/c19-15-6-3-7-17(21)18(15)16(20)11-12-8-9-13-4-1-2-5-14(13)10-12/h1-10,16H,11H2. The number of hydrogen-bond acceptors (Lipinski definition) is 0. The normalized spacial score (nSPS) is 12.5. The first kappa shape index (κ1) is 14.4. The summed E-state index contributed by atoms with van der Waals surface area (Å²) in [4.78, 5) is 0. The minimum absolute atomic E-state index is 0.358. The molecule has 0 bridgehead atoms. The van der Waals surface area contributed by atoms with Crippen LogP contribution in [-0.4, -0.2) is 0 Å². The largest absolute Gasteiger partial charge is 0.207 e. The van der Waals surface area contributed by atoms with Crippen LogP contribution in [0.15, 0.2) is 60.7 Å². The Kier molecular flexibility index (Phi) is 4.14. The van der Waals surface area contributed by atoms with Gasteiger partial charge in [-0.2, -0.15) is 0 Å². The molecule has 0 aliphatic heterocycles. The fourth-order valence-electron chi connectivity index (χ4n) is 2.48. The van der Waals surface area contributed by atoms with Gasteiger partial charge >= 0.3 is 0 Å². The molecule has 0 spiro atoms. The average molecular weight is 319 g/mol. The highest BCUT2D eigenvalue weighted by molar-refractivity contribution is 6.32. The van der Waals surface area contributed by atoms with Crippen LogP contribution in [0.4, 0.5) is 4.39 Å². The summed E-state index contributed by atoms with van der Waals surface area (Å²) in [5.41, 5.74) is 1.43. The van der Waals surface area contributed by atoms with Crippen molar-refractivity contribution in [1.82, 2.24) is 0 Å². The molecule has 0 fully saturated rings. The fourth-order valence-corrected chi connectivity index (χ4v) is 3.24. The predicted octanol–water partition coefficient (Wildman–Crippen LogP) is 6.15. The Balaban J connectivity index is 1.91. The monoisotopic (exact) mass is 318 g/mol. The van der Waals surface area contributed by atoms with Gasteiger partial charge in [-0.15, -0.1) is 11.6 Å². The van der Waals surface area contributed by atoms with Crippen LogP contribution < -0.4 is 0 Å². The zero-order valence-electron chi connectivity index (χ0n) is 11.2. The zero-order chi connectivity index (χ0) is 14.8. The summed E-state index contributed by atoms with van der Waals surface area (Å²) in [6, 6.07) is 18.9. The van der Waals surface area contributed by atoms with Crippen LogP contribution in [0.5, 0.6) is 0 Å².